The molecule has 1 heterocycles. The number of halogens is 3. The highest BCUT2D eigenvalue weighted by atomic mass is 32.2. The van der Waals surface area contributed by atoms with Crippen molar-refractivity contribution in [2.24, 2.45) is 0 Å². The van der Waals surface area contributed by atoms with E-state index in [9.17, 15) is 21.6 Å². The third kappa shape index (κ3) is 5.32. The van der Waals surface area contributed by atoms with Gasteiger partial charge in [-0.25, -0.2) is 13.1 Å². The molecule has 0 aliphatic carbocycles. The Hall–Kier alpha value is -1.94. The minimum Gasteiger partial charge on any atom is -0.379 e. The fourth-order valence-corrected chi connectivity index (χ4v) is 4.03. The minimum atomic E-state index is -4.60. The summed E-state index contributed by atoms with van der Waals surface area (Å²) in [6, 6.07) is 11.1. The second kappa shape index (κ2) is 8.60. The zero-order chi connectivity index (χ0) is 20.2. The van der Waals surface area contributed by atoms with E-state index in [4.69, 9.17) is 4.74 Å². The number of rotatable bonds is 6. The van der Waals surface area contributed by atoms with Crippen molar-refractivity contribution in [3.05, 3.63) is 65.2 Å². The standard InChI is InChI=1S/C19H21F3N2O3S/c20-19(21,22)17-6-3-7-18(12-17)28(25,26)23-13-15-4-1-2-5-16(15)14-24-8-10-27-11-9-24/h1-7,12,23H,8-11,13-14H2. The van der Waals surface area contributed by atoms with Crippen molar-refractivity contribution < 1.29 is 26.3 Å². The molecule has 0 spiro atoms. The van der Waals surface area contributed by atoms with Gasteiger partial charge >= 0.3 is 6.18 Å². The van der Waals surface area contributed by atoms with E-state index < -0.39 is 26.7 Å². The van der Waals surface area contributed by atoms with Gasteiger partial charge in [-0.15, -0.1) is 0 Å². The highest BCUT2D eigenvalue weighted by molar-refractivity contribution is 7.89. The van der Waals surface area contributed by atoms with Crippen LogP contribution in [0.2, 0.25) is 0 Å². The first-order valence-electron chi connectivity index (χ1n) is 8.79. The quantitative estimate of drug-likeness (QED) is 0.790. The van der Waals surface area contributed by atoms with Crippen LogP contribution in [0.1, 0.15) is 16.7 Å². The molecule has 1 fully saturated rings. The summed E-state index contributed by atoms with van der Waals surface area (Å²) in [5, 5.41) is 0. The average molecular weight is 414 g/mol. The highest BCUT2D eigenvalue weighted by Crippen LogP contribution is 2.30. The lowest BCUT2D eigenvalue weighted by molar-refractivity contribution is -0.137. The first-order valence-corrected chi connectivity index (χ1v) is 10.3. The third-order valence-corrected chi connectivity index (χ3v) is 5.94. The van der Waals surface area contributed by atoms with Crippen molar-refractivity contribution in [1.82, 2.24) is 9.62 Å². The first-order chi connectivity index (χ1) is 13.3. The van der Waals surface area contributed by atoms with E-state index in [1.165, 1.54) is 0 Å². The summed E-state index contributed by atoms with van der Waals surface area (Å²) < 4.78 is 71.3. The Balaban J connectivity index is 1.73. The Morgan fingerprint density at radius 1 is 1.00 bits per heavy atom. The van der Waals surface area contributed by atoms with Crippen molar-refractivity contribution in [3.63, 3.8) is 0 Å². The molecule has 5 nitrogen and oxygen atoms in total. The van der Waals surface area contributed by atoms with Crippen molar-refractivity contribution in [2.75, 3.05) is 26.3 Å². The van der Waals surface area contributed by atoms with Crippen LogP contribution in [-0.2, 0) is 34.0 Å². The van der Waals surface area contributed by atoms with E-state index in [0.29, 0.717) is 25.8 Å². The average Bonchev–Trinajstić information content (AvgIpc) is 2.68. The molecule has 1 saturated heterocycles. The van der Waals surface area contributed by atoms with E-state index in [1.807, 2.05) is 18.2 Å². The topological polar surface area (TPSA) is 58.6 Å². The molecule has 1 aliphatic rings. The molecule has 2 aromatic carbocycles. The van der Waals surface area contributed by atoms with Gasteiger partial charge in [0.25, 0.3) is 0 Å². The van der Waals surface area contributed by atoms with Crippen molar-refractivity contribution >= 4 is 10.0 Å². The summed E-state index contributed by atoms with van der Waals surface area (Å²) in [5.41, 5.74) is 0.753. The van der Waals surface area contributed by atoms with E-state index >= 15 is 0 Å². The smallest absolute Gasteiger partial charge is 0.379 e. The summed E-state index contributed by atoms with van der Waals surface area (Å²) in [4.78, 5) is 1.80. The van der Waals surface area contributed by atoms with Crippen molar-refractivity contribution in [2.45, 2.75) is 24.2 Å². The zero-order valence-corrected chi connectivity index (χ0v) is 15.9. The van der Waals surface area contributed by atoms with Gasteiger partial charge in [-0.2, -0.15) is 13.2 Å². The van der Waals surface area contributed by atoms with Crippen LogP contribution in [0.5, 0.6) is 0 Å². The highest BCUT2D eigenvalue weighted by Gasteiger charge is 2.31. The number of alkyl halides is 3. The Labute approximate surface area is 162 Å². The van der Waals surface area contributed by atoms with Gasteiger partial charge in [0.2, 0.25) is 10.0 Å². The van der Waals surface area contributed by atoms with E-state index in [2.05, 4.69) is 9.62 Å². The molecule has 152 valence electrons. The summed E-state index contributed by atoms with van der Waals surface area (Å²) in [7, 11) is -4.07. The summed E-state index contributed by atoms with van der Waals surface area (Å²) in [6.45, 7) is 3.56. The van der Waals surface area contributed by atoms with Crippen LogP contribution in [-0.4, -0.2) is 39.6 Å². The maximum absolute atomic E-state index is 12.9. The number of benzene rings is 2. The maximum atomic E-state index is 12.9. The van der Waals surface area contributed by atoms with E-state index in [0.717, 1.165) is 42.4 Å². The molecule has 0 bridgehead atoms. The van der Waals surface area contributed by atoms with Crippen LogP contribution in [0.15, 0.2) is 53.4 Å². The molecule has 0 saturated carbocycles. The van der Waals surface area contributed by atoms with Crippen LogP contribution >= 0.6 is 0 Å². The summed E-state index contributed by atoms with van der Waals surface area (Å²) in [5.74, 6) is 0. The number of hydrogen-bond donors (Lipinski definition) is 1. The molecule has 0 radical (unpaired) electrons. The van der Waals surface area contributed by atoms with Crippen LogP contribution in [0.25, 0.3) is 0 Å². The number of nitrogens with one attached hydrogen (secondary N) is 1. The summed E-state index contributed by atoms with van der Waals surface area (Å²) in [6.07, 6.45) is -4.60. The first kappa shape index (κ1) is 20.8. The van der Waals surface area contributed by atoms with Crippen LogP contribution < -0.4 is 4.72 Å². The Morgan fingerprint density at radius 2 is 1.68 bits per heavy atom. The largest absolute Gasteiger partial charge is 0.416 e. The van der Waals surface area contributed by atoms with Gasteiger partial charge in [0.15, 0.2) is 0 Å². The van der Waals surface area contributed by atoms with Gasteiger partial charge < -0.3 is 4.74 Å². The Kier molecular flexibility index (Phi) is 6.39. The predicted octanol–water partition coefficient (Wildman–Crippen LogP) is 3.02. The van der Waals surface area contributed by atoms with Gasteiger partial charge in [0, 0.05) is 26.2 Å². The third-order valence-electron chi connectivity index (χ3n) is 4.54. The lowest BCUT2D eigenvalue weighted by Gasteiger charge is -2.27. The lowest BCUT2D eigenvalue weighted by Crippen LogP contribution is -2.36. The number of ether oxygens (including phenoxy) is 1. The predicted molar refractivity (Wildman–Crippen MR) is 98.0 cm³/mol. The molecule has 0 aromatic heterocycles. The second-order valence-corrected chi connectivity index (χ2v) is 8.27. The monoisotopic (exact) mass is 414 g/mol. The van der Waals surface area contributed by atoms with E-state index in [1.54, 1.807) is 6.07 Å². The van der Waals surface area contributed by atoms with E-state index in [-0.39, 0.29) is 6.54 Å². The molecular weight excluding hydrogens is 393 g/mol. The fourth-order valence-electron chi connectivity index (χ4n) is 2.98. The molecule has 2 aromatic rings. The van der Waals surface area contributed by atoms with Gasteiger partial charge in [0.1, 0.15) is 0 Å². The number of sulfonamides is 1. The van der Waals surface area contributed by atoms with Gasteiger partial charge in [-0.05, 0) is 29.3 Å². The molecule has 28 heavy (non-hydrogen) atoms. The van der Waals surface area contributed by atoms with Crippen LogP contribution in [0, 0.1) is 0 Å². The molecule has 1 N–H and O–H groups in total. The molecule has 3 rings (SSSR count). The lowest BCUT2D eigenvalue weighted by atomic mass is 10.1. The molecule has 0 unspecified atom stereocenters. The normalized spacial score (nSPS) is 16.2. The summed E-state index contributed by atoms with van der Waals surface area (Å²) >= 11 is 0. The van der Waals surface area contributed by atoms with Gasteiger partial charge in [-0.1, -0.05) is 30.3 Å². The zero-order valence-electron chi connectivity index (χ0n) is 15.1. The Bertz CT molecular complexity index is 911. The number of morpholine rings is 1. The van der Waals surface area contributed by atoms with Crippen molar-refractivity contribution in [3.8, 4) is 0 Å². The second-order valence-electron chi connectivity index (χ2n) is 6.51. The van der Waals surface area contributed by atoms with Crippen molar-refractivity contribution in [1.29, 1.82) is 0 Å². The Morgan fingerprint density at radius 3 is 2.36 bits per heavy atom. The molecule has 0 amide bonds. The number of hydrogen-bond acceptors (Lipinski definition) is 4. The molecular formula is C19H21F3N2O3S. The van der Waals surface area contributed by atoms with Crippen LogP contribution in [0.4, 0.5) is 13.2 Å². The maximum Gasteiger partial charge on any atom is 0.416 e. The minimum absolute atomic E-state index is 0.000901. The molecule has 9 heteroatoms. The van der Waals surface area contributed by atoms with Gasteiger partial charge in [0.05, 0.1) is 23.7 Å². The number of nitrogens with zero attached hydrogens (tertiary/aromatic N) is 1. The van der Waals surface area contributed by atoms with Gasteiger partial charge in [-0.3, -0.25) is 4.90 Å². The SMILES string of the molecule is O=S(=O)(NCc1ccccc1CN1CCOCC1)c1cccc(C(F)(F)F)c1. The molecule has 0 atom stereocenters. The molecule has 1 aliphatic heterocycles. The van der Waals surface area contributed by atoms with Crippen LogP contribution in [0.3, 0.4) is 0 Å². The fraction of sp³-hybridized carbons (Fsp3) is 0.368.